The van der Waals surface area contributed by atoms with Gasteiger partial charge >= 0.3 is 0 Å². The Bertz CT molecular complexity index is 536. The van der Waals surface area contributed by atoms with Gasteiger partial charge < -0.3 is 15.5 Å². The molecule has 0 aromatic heterocycles. The van der Waals surface area contributed by atoms with Crippen molar-refractivity contribution in [3.63, 3.8) is 0 Å². The molecule has 2 fully saturated rings. The van der Waals surface area contributed by atoms with Crippen molar-refractivity contribution in [2.45, 2.75) is 31.8 Å². The molecule has 2 saturated heterocycles. The topological polar surface area (TPSA) is 44.4 Å². The molecule has 0 radical (unpaired) electrons. The number of halogens is 1. The average Bonchev–Trinajstić information content (AvgIpc) is 2.54. The van der Waals surface area contributed by atoms with Gasteiger partial charge in [-0.25, -0.2) is 0 Å². The molecule has 5 heteroatoms. The zero-order chi connectivity index (χ0) is 15.5. The van der Waals surface area contributed by atoms with E-state index in [9.17, 15) is 4.79 Å². The molecule has 3 atom stereocenters. The van der Waals surface area contributed by atoms with E-state index in [2.05, 4.69) is 28.5 Å². The Kier molecular flexibility index (Phi) is 5.01. The van der Waals surface area contributed by atoms with Gasteiger partial charge in [0.15, 0.2) is 0 Å². The predicted octanol–water partition coefficient (Wildman–Crippen LogP) is 2.20. The number of benzene rings is 1. The number of amides is 1. The van der Waals surface area contributed by atoms with Crippen LogP contribution in [0.15, 0.2) is 24.3 Å². The molecule has 0 aliphatic carbocycles. The Hall–Kier alpha value is -1.10. The summed E-state index contributed by atoms with van der Waals surface area (Å²) >= 11 is 6.13. The van der Waals surface area contributed by atoms with Gasteiger partial charge in [-0.05, 0) is 44.0 Å². The van der Waals surface area contributed by atoms with E-state index >= 15 is 0 Å². The first-order valence-corrected chi connectivity index (χ1v) is 8.53. The zero-order valence-electron chi connectivity index (χ0n) is 13.0. The second-order valence-electron chi connectivity index (χ2n) is 6.38. The molecular formula is C17H24ClN3O. The Morgan fingerprint density at radius 2 is 2.23 bits per heavy atom. The summed E-state index contributed by atoms with van der Waals surface area (Å²) in [7, 11) is 0. The number of rotatable bonds is 2. The molecule has 1 aromatic rings. The molecule has 1 amide bonds. The molecule has 0 saturated carbocycles. The van der Waals surface area contributed by atoms with Gasteiger partial charge in [-0.1, -0.05) is 23.7 Å². The number of piperazine rings is 1. The first-order chi connectivity index (χ1) is 10.6. The molecule has 1 unspecified atom stereocenters. The lowest BCUT2D eigenvalue weighted by Crippen LogP contribution is -2.52. The van der Waals surface area contributed by atoms with Gasteiger partial charge in [0.25, 0.3) is 0 Å². The summed E-state index contributed by atoms with van der Waals surface area (Å²) in [6, 6.07) is 8.39. The molecule has 22 heavy (non-hydrogen) atoms. The number of carbonyl (C=O) groups excluding carboxylic acids is 1. The van der Waals surface area contributed by atoms with Crippen molar-refractivity contribution in [3.05, 3.63) is 34.9 Å². The van der Waals surface area contributed by atoms with Gasteiger partial charge in [-0.15, -0.1) is 0 Å². The van der Waals surface area contributed by atoms with Crippen LogP contribution in [0.2, 0.25) is 5.02 Å². The van der Waals surface area contributed by atoms with Gasteiger partial charge in [-0.2, -0.15) is 0 Å². The minimum absolute atomic E-state index is 0.0881. The smallest absolute Gasteiger partial charge is 0.226 e. The van der Waals surface area contributed by atoms with E-state index in [1.54, 1.807) is 0 Å². The van der Waals surface area contributed by atoms with Crippen molar-refractivity contribution in [2.24, 2.45) is 5.92 Å². The maximum absolute atomic E-state index is 13.0. The van der Waals surface area contributed by atoms with Crippen LogP contribution in [0.4, 0.5) is 0 Å². The van der Waals surface area contributed by atoms with Gasteiger partial charge in [0.2, 0.25) is 5.91 Å². The summed E-state index contributed by atoms with van der Waals surface area (Å²) in [5.74, 6) is 0.454. The Balaban J connectivity index is 1.78. The molecule has 0 bridgehead atoms. The van der Waals surface area contributed by atoms with Crippen LogP contribution < -0.4 is 10.6 Å². The van der Waals surface area contributed by atoms with Crippen molar-refractivity contribution in [3.8, 4) is 0 Å². The van der Waals surface area contributed by atoms with E-state index in [1.807, 2.05) is 18.2 Å². The van der Waals surface area contributed by atoms with Crippen molar-refractivity contribution in [1.82, 2.24) is 15.5 Å². The third kappa shape index (κ3) is 3.45. The number of nitrogens with one attached hydrogen (secondary N) is 2. The quantitative estimate of drug-likeness (QED) is 0.877. The molecule has 2 aliphatic heterocycles. The van der Waals surface area contributed by atoms with Crippen LogP contribution in [0.1, 0.15) is 31.4 Å². The van der Waals surface area contributed by atoms with Crippen LogP contribution in [-0.4, -0.2) is 43.0 Å². The van der Waals surface area contributed by atoms with Crippen LogP contribution in [0.25, 0.3) is 0 Å². The second-order valence-corrected chi connectivity index (χ2v) is 6.82. The number of piperidine rings is 1. The minimum atomic E-state index is 0.0881. The summed E-state index contributed by atoms with van der Waals surface area (Å²) in [5.41, 5.74) is 1.12. The predicted molar refractivity (Wildman–Crippen MR) is 89.0 cm³/mol. The van der Waals surface area contributed by atoms with Crippen LogP contribution in [0.3, 0.4) is 0 Å². The van der Waals surface area contributed by atoms with Crippen molar-refractivity contribution < 1.29 is 4.79 Å². The normalized spacial score (nSPS) is 29.4. The van der Waals surface area contributed by atoms with Crippen molar-refractivity contribution in [2.75, 3.05) is 26.2 Å². The molecule has 4 nitrogen and oxygen atoms in total. The van der Waals surface area contributed by atoms with Crippen molar-refractivity contribution in [1.29, 1.82) is 0 Å². The first-order valence-electron chi connectivity index (χ1n) is 8.15. The van der Waals surface area contributed by atoms with E-state index in [4.69, 9.17) is 11.6 Å². The molecular weight excluding hydrogens is 298 g/mol. The fourth-order valence-electron chi connectivity index (χ4n) is 3.57. The van der Waals surface area contributed by atoms with E-state index in [1.165, 1.54) is 0 Å². The molecule has 1 aromatic carbocycles. The standard InChI is InChI=1S/C17H24ClN3O/c1-12-9-14(5-6-20-12)17(22)21-8-7-19-11-16(21)13-3-2-4-15(18)10-13/h2-4,10,12,14,16,19-20H,5-9,11H2,1H3/t12-,14-,16?/m0/s1. The minimum Gasteiger partial charge on any atom is -0.333 e. The zero-order valence-corrected chi connectivity index (χ0v) is 13.8. The highest BCUT2D eigenvalue weighted by atomic mass is 35.5. The van der Waals surface area contributed by atoms with Gasteiger partial charge in [-0.3, -0.25) is 4.79 Å². The lowest BCUT2D eigenvalue weighted by atomic mass is 9.90. The summed E-state index contributed by atoms with van der Waals surface area (Å²) in [6.07, 6.45) is 1.88. The number of hydrogen-bond donors (Lipinski definition) is 2. The molecule has 0 spiro atoms. The van der Waals surface area contributed by atoms with Gasteiger partial charge in [0, 0.05) is 36.6 Å². The number of hydrogen-bond acceptors (Lipinski definition) is 3. The Morgan fingerprint density at radius 1 is 1.36 bits per heavy atom. The highest BCUT2D eigenvalue weighted by Gasteiger charge is 2.34. The molecule has 120 valence electrons. The highest BCUT2D eigenvalue weighted by Crippen LogP contribution is 2.28. The fraction of sp³-hybridized carbons (Fsp3) is 0.588. The molecule has 2 heterocycles. The summed E-state index contributed by atoms with van der Waals surface area (Å²) in [6.45, 7) is 5.53. The lowest BCUT2D eigenvalue weighted by Gasteiger charge is -2.40. The third-order valence-corrected chi connectivity index (χ3v) is 4.97. The summed E-state index contributed by atoms with van der Waals surface area (Å²) in [5, 5.41) is 7.55. The maximum Gasteiger partial charge on any atom is 0.226 e. The first kappa shape index (κ1) is 15.8. The van der Waals surface area contributed by atoms with Gasteiger partial charge in [0.1, 0.15) is 0 Å². The van der Waals surface area contributed by atoms with E-state index in [0.29, 0.717) is 11.9 Å². The van der Waals surface area contributed by atoms with Crippen molar-refractivity contribution >= 4 is 17.5 Å². The van der Waals surface area contributed by atoms with Crippen LogP contribution in [-0.2, 0) is 4.79 Å². The SMILES string of the molecule is C[C@H]1C[C@@H](C(=O)N2CCNCC2c2cccc(Cl)c2)CCN1. The monoisotopic (exact) mass is 321 g/mol. The average molecular weight is 322 g/mol. The molecule has 2 aliphatic rings. The molecule has 3 rings (SSSR count). The summed E-state index contributed by atoms with van der Waals surface area (Å²) in [4.78, 5) is 15.1. The Morgan fingerprint density at radius 3 is 3.00 bits per heavy atom. The van der Waals surface area contributed by atoms with E-state index < -0.39 is 0 Å². The van der Waals surface area contributed by atoms with Crippen LogP contribution in [0.5, 0.6) is 0 Å². The highest BCUT2D eigenvalue weighted by molar-refractivity contribution is 6.30. The third-order valence-electron chi connectivity index (χ3n) is 4.73. The largest absolute Gasteiger partial charge is 0.333 e. The fourth-order valence-corrected chi connectivity index (χ4v) is 3.77. The van der Waals surface area contributed by atoms with Gasteiger partial charge in [0.05, 0.1) is 6.04 Å². The maximum atomic E-state index is 13.0. The van der Waals surface area contributed by atoms with Crippen LogP contribution >= 0.6 is 11.6 Å². The lowest BCUT2D eigenvalue weighted by molar-refractivity contribution is -0.140. The Labute approximate surface area is 137 Å². The van der Waals surface area contributed by atoms with Crippen LogP contribution in [0, 0.1) is 5.92 Å². The second kappa shape index (κ2) is 6.99. The summed E-state index contributed by atoms with van der Waals surface area (Å²) < 4.78 is 0. The molecule has 2 N–H and O–H groups in total. The number of carbonyl (C=O) groups is 1. The van der Waals surface area contributed by atoms with E-state index in [-0.39, 0.29) is 12.0 Å². The number of nitrogens with zero attached hydrogens (tertiary/aromatic N) is 1. The van der Waals surface area contributed by atoms with E-state index in [0.717, 1.165) is 49.6 Å².